The molecule has 2 heterocycles. The van der Waals surface area contributed by atoms with Gasteiger partial charge >= 0.3 is 5.97 Å². The molecule has 0 bridgehead atoms. The highest BCUT2D eigenvalue weighted by Gasteiger charge is 2.47. The Labute approximate surface area is 226 Å². The number of ketones is 1. The average molecular weight is 531 g/mol. The lowest BCUT2D eigenvalue weighted by Gasteiger charge is -2.25. The van der Waals surface area contributed by atoms with Crippen LogP contribution in [0.3, 0.4) is 0 Å². The lowest BCUT2D eigenvalue weighted by Crippen LogP contribution is -2.29. The first-order chi connectivity index (χ1) is 18.9. The number of aromatic nitrogens is 1. The van der Waals surface area contributed by atoms with E-state index in [1.54, 1.807) is 80.7 Å². The average Bonchev–Trinajstić information content (AvgIpc) is 3.19. The van der Waals surface area contributed by atoms with Gasteiger partial charge in [0.25, 0.3) is 11.7 Å². The zero-order valence-electron chi connectivity index (χ0n) is 22.0. The molecule has 3 aromatic rings. The number of pyridine rings is 1. The largest absolute Gasteiger partial charge is 0.507 e. The number of carbonyl (C=O) groups is 3. The third-order valence-electron chi connectivity index (χ3n) is 6.14. The van der Waals surface area contributed by atoms with Crippen LogP contribution in [-0.4, -0.2) is 52.5 Å². The Bertz CT molecular complexity index is 1380. The molecule has 1 amide bonds. The van der Waals surface area contributed by atoms with Gasteiger partial charge in [-0.15, -0.1) is 0 Å². The van der Waals surface area contributed by atoms with Crippen molar-refractivity contribution >= 4 is 23.4 Å². The number of carbonyl (C=O) groups excluding carboxylic acids is 3. The Balaban J connectivity index is 1.78. The van der Waals surface area contributed by atoms with Crippen LogP contribution in [0.25, 0.3) is 5.76 Å². The predicted octanol–water partition coefficient (Wildman–Crippen LogP) is 4.68. The van der Waals surface area contributed by atoms with Gasteiger partial charge in [-0.25, -0.2) is 4.79 Å². The lowest BCUT2D eigenvalue weighted by molar-refractivity contribution is -0.140. The van der Waals surface area contributed by atoms with Gasteiger partial charge in [-0.3, -0.25) is 14.6 Å². The molecule has 1 fully saturated rings. The Morgan fingerprint density at radius 1 is 0.949 bits per heavy atom. The normalized spacial score (nSPS) is 16.3. The number of benzene rings is 2. The molecule has 0 saturated carbocycles. The van der Waals surface area contributed by atoms with Crippen LogP contribution in [0.1, 0.15) is 54.0 Å². The predicted molar refractivity (Wildman–Crippen MR) is 143 cm³/mol. The maximum atomic E-state index is 13.4. The van der Waals surface area contributed by atoms with Gasteiger partial charge in [-0.2, -0.15) is 0 Å². The molecule has 1 saturated heterocycles. The number of ether oxygens (including phenoxy) is 3. The van der Waals surface area contributed by atoms with Crippen LogP contribution in [0.2, 0.25) is 0 Å². The van der Waals surface area contributed by atoms with Crippen molar-refractivity contribution in [3.8, 4) is 11.5 Å². The SMILES string of the molecule is CCOC(=O)c1ccc(CN2C(=O)C(=O)/C(=C(\O)c3ccc(OCC)cc3OCC)C2c2ccccn2)cc1. The topological polar surface area (TPSA) is 115 Å². The molecule has 0 spiro atoms. The molecule has 1 aliphatic heterocycles. The molecule has 1 aromatic heterocycles. The van der Waals surface area contributed by atoms with E-state index < -0.39 is 23.7 Å². The zero-order valence-corrected chi connectivity index (χ0v) is 22.0. The molecule has 202 valence electrons. The standard InChI is InChI=1S/C30H30N2O7/c1-4-37-21-14-15-22(24(17-21)38-5-2)27(33)25-26(23-9-7-8-16-31-23)32(29(35)28(25)34)18-19-10-12-20(13-11-19)30(36)39-6-3/h7-17,26,33H,4-6,18H2,1-3H3/b27-25-. The van der Waals surface area contributed by atoms with Gasteiger partial charge in [0.2, 0.25) is 0 Å². The summed E-state index contributed by atoms with van der Waals surface area (Å²) in [5.41, 5.74) is 1.65. The first kappa shape index (κ1) is 27.4. The molecule has 1 unspecified atom stereocenters. The molecule has 2 aromatic carbocycles. The Morgan fingerprint density at radius 3 is 2.33 bits per heavy atom. The Morgan fingerprint density at radius 2 is 1.69 bits per heavy atom. The van der Waals surface area contributed by atoms with Crippen molar-refractivity contribution in [1.82, 2.24) is 9.88 Å². The van der Waals surface area contributed by atoms with E-state index in [2.05, 4.69) is 4.98 Å². The second-order valence-electron chi connectivity index (χ2n) is 8.62. The molecule has 9 nitrogen and oxygen atoms in total. The number of aliphatic hydroxyl groups excluding tert-OH is 1. The van der Waals surface area contributed by atoms with E-state index in [0.717, 1.165) is 0 Å². The monoisotopic (exact) mass is 530 g/mol. The van der Waals surface area contributed by atoms with Crippen molar-refractivity contribution < 1.29 is 33.7 Å². The van der Waals surface area contributed by atoms with Crippen LogP contribution in [-0.2, 0) is 20.9 Å². The smallest absolute Gasteiger partial charge is 0.338 e. The van der Waals surface area contributed by atoms with Gasteiger partial charge in [0.15, 0.2) is 0 Å². The second-order valence-corrected chi connectivity index (χ2v) is 8.62. The van der Waals surface area contributed by atoms with E-state index in [9.17, 15) is 19.5 Å². The summed E-state index contributed by atoms with van der Waals surface area (Å²) in [7, 11) is 0. The second kappa shape index (κ2) is 12.3. The van der Waals surface area contributed by atoms with Gasteiger partial charge in [0.05, 0.1) is 42.2 Å². The zero-order chi connectivity index (χ0) is 27.9. The highest BCUT2D eigenvalue weighted by molar-refractivity contribution is 6.46. The highest BCUT2D eigenvalue weighted by atomic mass is 16.5. The molecular formula is C30H30N2O7. The summed E-state index contributed by atoms with van der Waals surface area (Å²) in [5, 5.41) is 11.5. The molecule has 0 aliphatic carbocycles. The molecule has 1 aliphatic rings. The van der Waals surface area contributed by atoms with Crippen molar-refractivity contribution in [3.63, 3.8) is 0 Å². The summed E-state index contributed by atoms with van der Waals surface area (Å²) in [6.07, 6.45) is 1.56. The minimum Gasteiger partial charge on any atom is -0.507 e. The minimum absolute atomic E-state index is 0.0489. The third kappa shape index (κ3) is 5.77. The van der Waals surface area contributed by atoms with Crippen LogP contribution in [0.4, 0.5) is 0 Å². The van der Waals surface area contributed by atoms with E-state index in [1.165, 1.54) is 4.90 Å². The molecule has 9 heteroatoms. The molecule has 0 radical (unpaired) electrons. The lowest BCUT2D eigenvalue weighted by atomic mass is 9.97. The number of aliphatic hydroxyl groups is 1. The van der Waals surface area contributed by atoms with Crippen LogP contribution in [0.15, 0.2) is 72.4 Å². The summed E-state index contributed by atoms with van der Waals surface area (Å²) >= 11 is 0. The number of hydrogen-bond acceptors (Lipinski definition) is 8. The highest BCUT2D eigenvalue weighted by Crippen LogP contribution is 2.41. The first-order valence-corrected chi connectivity index (χ1v) is 12.7. The number of hydrogen-bond donors (Lipinski definition) is 1. The molecule has 4 rings (SSSR count). The van der Waals surface area contributed by atoms with Crippen molar-refractivity contribution in [2.75, 3.05) is 19.8 Å². The fourth-order valence-electron chi connectivity index (χ4n) is 4.42. The summed E-state index contributed by atoms with van der Waals surface area (Å²) in [5.74, 6) is -1.55. The summed E-state index contributed by atoms with van der Waals surface area (Å²) < 4.78 is 16.3. The number of rotatable bonds is 10. The van der Waals surface area contributed by atoms with Crippen LogP contribution in [0.5, 0.6) is 11.5 Å². The van der Waals surface area contributed by atoms with Crippen molar-refractivity contribution in [2.45, 2.75) is 33.4 Å². The van der Waals surface area contributed by atoms with E-state index in [0.29, 0.717) is 41.5 Å². The van der Waals surface area contributed by atoms with Crippen LogP contribution in [0, 0.1) is 0 Å². The van der Waals surface area contributed by atoms with Gasteiger partial charge in [0.1, 0.15) is 23.3 Å². The third-order valence-corrected chi connectivity index (χ3v) is 6.14. The van der Waals surface area contributed by atoms with Gasteiger partial charge in [0, 0.05) is 18.8 Å². The summed E-state index contributed by atoms with van der Waals surface area (Å²) in [4.78, 5) is 44.5. The fraction of sp³-hybridized carbons (Fsp3) is 0.267. The first-order valence-electron chi connectivity index (χ1n) is 12.7. The van der Waals surface area contributed by atoms with Crippen LogP contribution >= 0.6 is 0 Å². The number of nitrogens with zero attached hydrogens (tertiary/aromatic N) is 2. The van der Waals surface area contributed by atoms with E-state index in [4.69, 9.17) is 14.2 Å². The molecule has 1 atom stereocenters. The van der Waals surface area contributed by atoms with Gasteiger partial charge in [-0.1, -0.05) is 18.2 Å². The number of esters is 1. The quantitative estimate of drug-likeness (QED) is 0.174. The number of Topliss-reactive ketones (excluding diaryl/α,β-unsaturated/α-hetero) is 1. The van der Waals surface area contributed by atoms with Crippen LogP contribution < -0.4 is 9.47 Å². The number of likely N-dealkylation sites (tertiary alicyclic amines) is 1. The van der Waals surface area contributed by atoms with E-state index >= 15 is 0 Å². The minimum atomic E-state index is -0.947. The molecule has 39 heavy (non-hydrogen) atoms. The fourth-order valence-corrected chi connectivity index (χ4v) is 4.42. The van der Waals surface area contributed by atoms with E-state index in [1.807, 2.05) is 6.92 Å². The molecular weight excluding hydrogens is 500 g/mol. The van der Waals surface area contributed by atoms with Crippen molar-refractivity contribution in [2.24, 2.45) is 0 Å². The summed E-state index contributed by atoms with van der Waals surface area (Å²) in [6.45, 7) is 6.45. The maximum absolute atomic E-state index is 13.4. The van der Waals surface area contributed by atoms with Crippen molar-refractivity contribution in [1.29, 1.82) is 0 Å². The number of amides is 1. The van der Waals surface area contributed by atoms with Gasteiger partial charge in [-0.05, 0) is 62.7 Å². The summed E-state index contributed by atoms with van der Waals surface area (Å²) in [6, 6.07) is 15.7. The van der Waals surface area contributed by atoms with Crippen molar-refractivity contribution in [3.05, 3.63) is 94.8 Å². The maximum Gasteiger partial charge on any atom is 0.338 e. The molecule has 1 N–H and O–H groups in total. The Kier molecular flexibility index (Phi) is 8.60. The Hall–Kier alpha value is -4.66. The van der Waals surface area contributed by atoms with Gasteiger partial charge < -0.3 is 24.2 Å². The van der Waals surface area contributed by atoms with E-state index in [-0.39, 0.29) is 30.0 Å².